The lowest BCUT2D eigenvalue weighted by Gasteiger charge is -2.24. The van der Waals surface area contributed by atoms with Crippen LogP contribution in [0.5, 0.6) is 11.5 Å². The lowest BCUT2D eigenvalue weighted by Crippen LogP contribution is -2.38. The van der Waals surface area contributed by atoms with Gasteiger partial charge >= 0.3 is 0 Å². The topological polar surface area (TPSA) is 67.8 Å². The molecule has 23 heavy (non-hydrogen) atoms. The Bertz CT molecular complexity index is 728. The zero-order valence-corrected chi connectivity index (χ0v) is 12.5. The van der Waals surface area contributed by atoms with Gasteiger partial charge in [-0.15, -0.1) is 0 Å². The van der Waals surface area contributed by atoms with E-state index in [0.29, 0.717) is 22.6 Å². The normalized spacial score (nSPS) is 15.1. The fourth-order valence-electron chi connectivity index (χ4n) is 2.30. The minimum Gasteiger partial charge on any atom is -0.454 e. The number of fused-ring (bicyclic) bond motifs is 1. The summed E-state index contributed by atoms with van der Waals surface area (Å²) in [7, 11) is 0. The molecule has 1 atom stereocenters. The molecule has 0 saturated carbocycles. The van der Waals surface area contributed by atoms with Crippen LogP contribution in [0.25, 0.3) is 0 Å². The van der Waals surface area contributed by atoms with Crippen LogP contribution in [-0.4, -0.2) is 24.4 Å². The molecule has 1 aliphatic heterocycles. The highest BCUT2D eigenvalue weighted by Gasteiger charge is 2.24. The first kappa shape index (κ1) is 15.3. The SMILES string of the molecule is CC(O)(CNC(=O)c1ccc2c(c1)OCO2)c1ccc(F)cc1. The van der Waals surface area contributed by atoms with Crippen LogP contribution in [0.15, 0.2) is 42.5 Å². The summed E-state index contributed by atoms with van der Waals surface area (Å²) < 4.78 is 23.4. The van der Waals surface area contributed by atoms with E-state index in [4.69, 9.17) is 9.47 Å². The average molecular weight is 317 g/mol. The predicted octanol–water partition coefficient (Wildman–Crippen LogP) is 2.19. The monoisotopic (exact) mass is 317 g/mol. The lowest BCUT2D eigenvalue weighted by molar-refractivity contribution is 0.0526. The van der Waals surface area contributed by atoms with Crippen molar-refractivity contribution in [3.8, 4) is 11.5 Å². The van der Waals surface area contributed by atoms with E-state index in [1.54, 1.807) is 25.1 Å². The Morgan fingerprint density at radius 3 is 2.65 bits per heavy atom. The number of benzene rings is 2. The molecule has 0 bridgehead atoms. The maximum atomic E-state index is 12.9. The number of hydrogen-bond acceptors (Lipinski definition) is 4. The Morgan fingerprint density at radius 1 is 1.22 bits per heavy atom. The number of carbonyl (C=O) groups excluding carboxylic acids is 1. The van der Waals surface area contributed by atoms with E-state index in [0.717, 1.165) is 0 Å². The van der Waals surface area contributed by atoms with Crippen LogP contribution < -0.4 is 14.8 Å². The van der Waals surface area contributed by atoms with Crippen LogP contribution in [0.3, 0.4) is 0 Å². The molecule has 120 valence electrons. The zero-order valence-electron chi connectivity index (χ0n) is 12.5. The number of hydrogen-bond donors (Lipinski definition) is 2. The molecule has 6 heteroatoms. The first-order chi connectivity index (χ1) is 11.0. The molecular formula is C17H16FNO4. The van der Waals surface area contributed by atoms with Crippen molar-refractivity contribution in [2.45, 2.75) is 12.5 Å². The molecule has 2 aromatic rings. The Hall–Kier alpha value is -2.60. The van der Waals surface area contributed by atoms with E-state index in [-0.39, 0.29) is 25.1 Å². The molecule has 0 radical (unpaired) electrons. The van der Waals surface area contributed by atoms with Gasteiger partial charge in [-0.1, -0.05) is 12.1 Å². The highest BCUT2D eigenvalue weighted by molar-refractivity contribution is 5.95. The van der Waals surface area contributed by atoms with Crippen LogP contribution >= 0.6 is 0 Å². The predicted molar refractivity (Wildman–Crippen MR) is 80.9 cm³/mol. The molecule has 1 aliphatic rings. The van der Waals surface area contributed by atoms with Gasteiger partial charge in [-0.2, -0.15) is 0 Å². The molecule has 5 nitrogen and oxygen atoms in total. The van der Waals surface area contributed by atoms with Gasteiger partial charge in [-0.05, 0) is 42.8 Å². The fourth-order valence-corrected chi connectivity index (χ4v) is 2.30. The van der Waals surface area contributed by atoms with Crippen molar-refractivity contribution in [1.82, 2.24) is 5.32 Å². The van der Waals surface area contributed by atoms with Crippen molar-refractivity contribution in [1.29, 1.82) is 0 Å². The molecule has 0 fully saturated rings. The summed E-state index contributed by atoms with van der Waals surface area (Å²) in [5, 5.41) is 13.1. The second kappa shape index (κ2) is 5.89. The Balaban J connectivity index is 1.67. The molecule has 2 N–H and O–H groups in total. The zero-order chi connectivity index (χ0) is 16.4. The molecule has 3 rings (SSSR count). The van der Waals surface area contributed by atoms with Crippen molar-refractivity contribution in [3.63, 3.8) is 0 Å². The number of aliphatic hydroxyl groups is 1. The maximum Gasteiger partial charge on any atom is 0.251 e. The first-order valence-corrected chi connectivity index (χ1v) is 7.12. The van der Waals surface area contributed by atoms with Crippen molar-refractivity contribution >= 4 is 5.91 Å². The summed E-state index contributed by atoms with van der Waals surface area (Å²) in [6.07, 6.45) is 0. The molecule has 2 aromatic carbocycles. The Kier molecular flexibility index (Phi) is 3.92. The molecule has 1 amide bonds. The highest BCUT2D eigenvalue weighted by atomic mass is 19.1. The quantitative estimate of drug-likeness (QED) is 0.907. The second-order valence-corrected chi connectivity index (χ2v) is 5.53. The summed E-state index contributed by atoms with van der Waals surface area (Å²) in [6, 6.07) is 10.4. The number of halogens is 1. The molecule has 1 unspecified atom stereocenters. The van der Waals surface area contributed by atoms with E-state index in [1.165, 1.54) is 24.3 Å². The van der Waals surface area contributed by atoms with Crippen LogP contribution in [-0.2, 0) is 5.60 Å². The summed E-state index contributed by atoms with van der Waals surface area (Å²) in [4.78, 5) is 12.2. The molecular weight excluding hydrogens is 301 g/mol. The minimum atomic E-state index is -1.31. The van der Waals surface area contributed by atoms with Crippen LogP contribution in [0, 0.1) is 5.82 Å². The van der Waals surface area contributed by atoms with Crippen LogP contribution in [0.1, 0.15) is 22.8 Å². The van der Waals surface area contributed by atoms with Gasteiger partial charge in [0.2, 0.25) is 6.79 Å². The molecule has 0 spiro atoms. The third kappa shape index (κ3) is 3.27. The average Bonchev–Trinajstić information content (AvgIpc) is 3.00. The van der Waals surface area contributed by atoms with Crippen molar-refractivity contribution < 1.29 is 23.8 Å². The third-order valence-corrected chi connectivity index (χ3v) is 3.69. The third-order valence-electron chi connectivity index (χ3n) is 3.69. The van der Waals surface area contributed by atoms with Gasteiger partial charge in [-0.3, -0.25) is 4.79 Å². The molecule has 0 saturated heterocycles. The van der Waals surface area contributed by atoms with Gasteiger partial charge < -0.3 is 19.9 Å². The van der Waals surface area contributed by atoms with Crippen LogP contribution in [0.2, 0.25) is 0 Å². The van der Waals surface area contributed by atoms with Crippen molar-refractivity contribution in [3.05, 3.63) is 59.4 Å². The van der Waals surface area contributed by atoms with E-state index in [1.807, 2.05) is 0 Å². The minimum absolute atomic E-state index is 0.00803. The summed E-state index contributed by atoms with van der Waals surface area (Å²) >= 11 is 0. The second-order valence-electron chi connectivity index (χ2n) is 5.53. The summed E-state index contributed by atoms with van der Waals surface area (Å²) in [5.41, 5.74) is -0.381. The first-order valence-electron chi connectivity index (χ1n) is 7.12. The van der Waals surface area contributed by atoms with Gasteiger partial charge in [0.1, 0.15) is 11.4 Å². The van der Waals surface area contributed by atoms with Crippen molar-refractivity contribution in [2.24, 2.45) is 0 Å². The van der Waals surface area contributed by atoms with E-state index in [2.05, 4.69) is 5.32 Å². The lowest BCUT2D eigenvalue weighted by atomic mass is 9.96. The molecule has 1 heterocycles. The number of ether oxygens (including phenoxy) is 2. The van der Waals surface area contributed by atoms with Gasteiger partial charge in [0.15, 0.2) is 11.5 Å². The number of rotatable bonds is 4. The number of nitrogens with one attached hydrogen (secondary N) is 1. The van der Waals surface area contributed by atoms with Crippen LogP contribution in [0.4, 0.5) is 4.39 Å². The van der Waals surface area contributed by atoms with E-state index < -0.39 is 5.60 Å². The van der Waals surface area contributed by atoms with Gasteiger partial charge in [0.05, 0.1) is 6.54 Å². The molecule has 0 aromatic heterocycles. The smallest absolute Gasteiger partial charge is 0.251 e. The summed E-state index contributed by atoms with van der Waals surface area (Å²) in [5.74, 6) is 0.391. The van der Waals surface area contributed by atoms with Gasteiger partial charge in [0, 0.05) is 5.56 Å². The van der Waals surface area contributed by atoms with Gasteiger partial charge in [0.25, 0.3) is 5.91 Å². The fraction of sp³-hybridized carbons (Fsp3) is 0.235. The Labute approximate surface area is 132 Å². The standard InChI is InChI=1S/C17H16FNO4/c1-17(21,12-3-5-13(18)6-4-12)9-19-16(20)11-2-7-14-15(8-11)23-10-22-14/h2-8,21H,9-10H2,1H3,(H,19,20). The summed E-state index contributed by atoms with van der Waals surface area (Å²) in [6.45, 7) is 1.69. The number of carbonyl (C=O) groups is 1. The van der Waals surface area contributed by atoms with Crippen molar-refractivity contribution in [2.75, 3.05) is 13.3 Å². The number of amides is 1. The Morgan fingerprint density at radius 2 is 1.91 bits per heavy atom. The molecule has 0 aliphatic carbocycles. The largest absolute Gasteiger partial charge is 0.454 e. The maximum absolute atomic E-state index is 12.9. The van der Waals surface area contributed by atoms with E-state index in [9.17, 15) is 14.3 Å². The van der Waals surface area contributed by atoms with E-state index >= 15 is 0 Å². The highest BCUT2D eigenvalue weighted by Crippen LogP contribution is 2.32. The van der Waals surface area contributed by atoms with Gasteiger partial charge in [-0.25, -0.2) is 4.39 Å².